The number of carbonyl (C=O) groups is 3. The van der Waals surface area contributed by atoms with E-state index in [1.807, 2.05) is 24.3 Å². The van der Waals surface area contributed by atoms with Crippen molar-refractivity contribution in [1.29, 1.82) is 0 Å². The molecular formula is C26H26N2O6. The summed E-state index contributed by atoms with van der Waals surface area (Å²) in [5, 5.41) is 14.3. The van der Waals surface area contributed by atoms with E-state index in [0.717, 1.165) is 11.1 Å². The van der Waals surface area contributed by atoms with Crippen molar-refractivity contribution in [2.75, 3.05) is 13.2 Å². The molecule has 8 nitrogen and oxygen atoms in total. The molecule has 0 bridgehead atoms. The maximum Gasteiger partial charge on any atom is 0.407 e. The molecule has 1 atom stereocenters. The van der Waals surface area contributed by atoms with Gasteiger partial charge in [-0.3, -0.25) is 4.79 Å². The predicted molar refractivity (Wildman–Crippen MR) is 124 cm³/mol. The zero-order chi connectivity index (χ0) is 24.1. The monoisotopic (exact) mass is 462 g/mol. The van der Waals surface area contributed by atoms with Crippen molar-refractivity contribution in [3.8, 4) is 11.1 Å². The van der Waals surface area contributed by atoms with Crippen LogP contribution < -0.4 is 10.6 Å². The second-order valence-corrected chi connectivity index (χ2v) is 8.23. The van der Waals surface area contributed by atoms with Gasteiger partial charge in [-0.15, -0.1) is 0 Å². The predicted octanol–water partition coefficient (Wildman–Crippen LogP) is 4.16. The van der Waals surface area contributed by atoms with Gasteiger partial charge in [-0.25, -0.2) is 9.59 Å². The number of furan rings is 1. The van der Waals surface area contributed by atoms with Gasteiger partial charge in [0.15, 0.2) is 0 Å². The van der Waals surface area contributed by atoms with Gasteiger partial charge in [-0.05, 0) is 40.8 Å². The van der Waals surface area contributed by atoms with Crippen LogP contribution in [-0.4, -0.2) is 36.2 Å². The third-order valence-corrected chi connectivity index (χ3v) is 5.95. The van der Waals surface area contributed by atoms with E-state index in [-0.39, 0.29) is 43.2 Å². The zero-order valence-electron chi connectivity index (χ0n) is 18.7. The van der Waals surface area contributed by atoms with Crippen LogP contribution in [0.2, 0.25) is 0 Å². The summed E-state index contributed by atoms with van der Waals surface area (Å²) in [5.41, 5.74) is 4.63. The Labute approximate surface area is 196 Å². The fraction of sp³-hybridized carbons (Fsp3) is 0.269. The van der Waals surface area contributed by atoms with Crippen LogP contribution in [0.1, 0.15) is 46.7 Å². The number of carboxylic acids is 1. The van der Waals surface area contributed by atoms with Gasteiger partial charge in [0.05, 0.1) is 6.54 Å². The van der Waals surface area contributed by atoms with Crippen LogP contribution in [0.15, 0.2) is 65.1 Å². The Hall–Kier alpha value is -4.07. The van der Waals surface area contributed by atoms with Crippen molar-refractivity contribution >= 4 is 18.0 Å². The molecule has 1 aromatic heterocycles. The van der Waals surface area contributed by atoms with Crippen molar-refractivity contribution in [2.24, 2.45) is 5.92 Å². The average molecular weight is 463 g/mol. The molecule has 3 N–H and O–H groups in total. The first-order valence-electron chi connectivity index (χ1n) is 11.1. The van der Waals surface area contributed by atoms with Crippen molar-refractivity contribution < 1.29 is 28.6 Å². The van der Waals surface area contributed by atoms with E-state index in [2.05, 4.69) is 34.9 Å². The summed E-state index contributed by atoms with van der Waals surface area (Å²) in [6.45, 7) is 2.36. The number of carboxylic acid groups (broad SMARTS) is 1. The van der Waals surface area contributed by atoms with Gasteiger partial charge in [-0.1, -0.05) is 55.5 Å². The Balaban J connectivity index is 1.20. The quantitative estimate of drug-likeness (QED) is 0.440. The second-order valence-electron chi connectivity index (χ2n) is 8.23. The standard InChI is InChI=1S/C26H26N2O6/c1-16(24(29)28-14-17-10-11-23(34-17)25(30)31)12-13-27-26(32)33-15-22-20-8-4-2-6-18(20)19-7-3-5-9-21(19)22/h2-11,16,22H,12-15H2,1H3,(H,27,32)(H,28,29)(H,30,31). The summed E-state index contributed by atoms with van der Waals surface area (Å²) >= 11 is 0. The Kier molecular flexibility index (Phi) is 6.96. The first-order valence-corrected chi connectivity index (χ1v) is 11.1. The van der Waals surface area contributed by atoms with Gasteiger partial charge in [0.25, 0.3) is 0 Å². The van der Waals surface area contributed by atoms with Crippen molar-refractivity contribution in [3.05, 3.63) is 83.3 Å². The molecule has 0 saturated heterocycles. The van der Waals surface area contributed by atoms with E-state index >= 15 is 0 Å². The average Bonchev–Trinajstić information content (AvgIpc) is 3.44. The summed E-state index contributed by atoms with van der Waals surface area (Å²) in [4.78, 5) is 35.3. The molecule has 0 saturated carbocycles. The molecule has 0 fully saturated rings. The Morgan fingerprint density at radius 1 is 0.971 bits per heavy atom. The summed E-state index contributed by atoms with van der Waals surface area (Å²) in [7, 11) is 0. The number of aromatic carboxylic acids is 1. The van der Waals surface area contributed by atoms with Crippen LogP contribution in [0.5, 0.6) is 0 Å². The lowest BCUT2D eigenvalue weighted by molar-refractivity contribution is -0.124. The highest BCUT2D eigenvalue weighted by Gasteiger charge is 2.29. The van der Waals surface area contributed by atoms with E-state index in [9.17, 15) is 14.4 Å². The minimum absolute atomic E-state index is 0.00825. The van der Waals surface area contributed by atoms with Crippen molar-refractivity contribution in [2.45, 2.75) is 25.8 Å². The molecule has 1 aliphatic carbocycles. The molecule has 2 aromatic carbocycles. The lowest BCUT2D eigenvalue weighted by Crippen LogP contribution is -2.32. The van der Waals surface area contributed by atoms with Gasteiger partial charge < -0.3 is 24.9 Å². The molecule has 3 aromatic rings. The number of carbonyl (C=O) groups excluding carboxylic acids is 2. The number of amides is 2. The molecule has 1 aliphatic rings. The molecular weight excluding hydrogens is 436 g/mol. The molecule has 1 heterocycles. The van der Waals surface area contributed by atoms with Crippen LogP contribution in [0, 0.1) is 5.92 Å². The van der Waals surface area contributed by atoms with Gasteiger partial charge in [0, 0.05) is 18.4 Å². The van der Waals surface area contributed by atoms with Gasteiger partial charge in [0.2, 0.25) is 11.7 Å². The maximum atomic E-state index is 12.3. The third kappa shape index (κ3) is 5.11. The van der Waals surface area contributed by atoms with E-state index in [0.29, 0.717) is 12.2 Å². The highest BCUT2D eigenvalue weighted by Crippen LogP contribution is 2.44. The lowest BCUT2D eigenvalue weighted by atomic mass is 9.98. The molecule has 4 rings (SSSR count). The number of hydrogen-bond donors (Lipinski definition) is 3. The number of nitrogens with one attached hydrogen (secondary N) is 2. The maximum absolute atomic E-state index is 12.3. The van der Waals surface area contributed by atoms with Crippen LogP contribution in [0.4, 0.5) is 4.79 Å². The number of hydrogen-bond acceptors (Lipinski definition) is 5. The van der Waals surface area contributed by atoms with Gasteiger partial charge in [0.1, 0.15) is 12.4 Å². The lowest BCUT2D eigenvalue weighted by Gasteiger charge is -2.15. The number of fused-ring (bicyclic) bond motifs is 3. The van der Waals surface area contributed by atoms with Crippen LogP contribution in [0.25, 0.3) is 11.1 Å². The molecule has 34 heavy (non-hydrogen) atoms. The second kappa shape index (κ2) is 10.2. The summed E-state index contributed by atoms with van der Waals surface area (Å²) < 4.78 is 10.6. The molecule has 0 radical (unpaired) electrons. The Morgan fingerprint density at radius 2 is 1.62 bits per heavy atom. The zero-order valence-corrected chi connectivity index (χ0v) is 18.7. The Bertz CT molecular complexity index is 1160. The van der Waals surface area contributed by atoms with Crippen molar-refractivity contribution in [3.63, 3.8) is 0 Å². The number of rotatable bonds is 9. The van der Waals surface area contributed by atoms with Crippen LogP contribution in [-0.2, 0) is 16.1 Å². The highest BCUT2D eigenvalue weighted by atomic mass is 16.5. The van der Waals surface area contributed by atoms with Gasteiger partial charge >= 0.3 is 12.1 Å². The molecule has 176 valence electrons. The Morgan fingerprint density at radius 3 is 2.24 bits per heavy atom. The summed E-state index contributed by atoms with van der Waals surface area (Å²) in [6.07, 6.45) is -0.0968. The van der Waals surface area contributed by atoms with Crippen LogP contribution >= 0.6 is 0 Å². The minimum atomic E-state index is -1.16. The largest absolute Gasteiger partial charge is 0.475 e. The van der Waals surface area contributed by atoms with Crippen LogP contribution in [0.3, 0.4) is 0 Å². The van der Waals surface area contributed by atoms with E-state index in [4.69, 9.17) is 14.3 Å². The molecule has 0 spiro atoms. The van der Waals surface area contributed by atoms with Crippen molar-refractivity contribution in [1.82, 2.24) is 10.6 Å². The van der Waals surface area contributed by atoms with E-state index in [1.54, 1.807) is 6.92 Å². The normalized spacial score (nSPS) is 13.0. The third-order valence-electron chi connectivity index (χ3n) is 5.95. The first-order chi connectivity index (χ1) is 16.4. The highest BCUT2D eigenvalue weighted by molar-refractivity contribution is 5.84. The topological polar surface area (TPSA) is 118 Å². The molecule has 1 unspecified atom stereocenters. The molecule has 2 amide bonds. The fourth-order valence-corrected chi connectivity index (χ4v) is 4.11. The number of alkyl carbamates (subject to hydrolysis) is 1. The first kappa shape index (κ1) is 23.1. The molecule has 0 aliphatic heterocycles. The summed E-state index contributed by atoms with van der Waals surface area (Å²) in [5.74, 6) is -1.57. The smallest absolute Gasteiger partial charge is 0.407 e. The molecule has 8 heteroatoms. The summed E-state index contributed by atoms with van der Waals surface area (Å²) in [6, 6.07) is 19.1. The van der Waals surface area contributed by atoms with Gasteiger partial charge in [-0.2, -0.15) is 0 Å². The van der Waals surface area contributed by atoms with E-state index < -0.39 is 12.1 Å². The fourth-order valence-electron chi connectivity index (χ4n) is 4.11. The minimum Gasteiger partial charge on any atom is -0.475 e. The SMILES string of the molecule is CC(CCNC(=O)OCC1c2ccccc2-c2ccccc21)C(=O)NCc1ccc(C(=O)O)o1. The number of benzene rings is 2. The number of ether oxygens (including phenoxy) is 1. The van der Waals surface area contributed by atoms with E-state index in [1.165, 1.54) is 23.3 Å².